The molecule has 0 unspecified atom stereocenters. The first-order valence-electron chi connectivity index (χ1n) is 7.92. The Morgan fingerprint density at radius 3 is 2.44 bits per heavy atom. The Hall–Kier alpha value is -2.73. The topological polar surface area (TPSA) is 60.7 Å². The van der Waals surface area contributed by atoms with Gasteiger partial charge in [-0.2, -0.15) is 4.99 Å². The zero-order chi connectivity index (χ0) is 18.0. The molecule has 0 N–H and O–H groups in total. The smallest absolute Gasteiger partial charge is 0.279 e. The lowest BCUT2D eigenvalue weighted by atomic mass is 10.1. The summed E-state index contributed by atoms with van der Waals surface area (Å²) in [5.74, 6) is 0.406. The van der Waals surface area contributed by atoms with E-state index in [-0.39, 0.29) is 11.7 Å². The van der Waals surface area contributed by atoms with Gasteiger partial charge in [0, 0.05) is 18.2 Å². The summed E-state index contributed by atoms with van der Waals surface area (Å²) in [5.41, 5.74) is 1.95. The molecule has 5 nitrogen and oxygen atoms in total. The van der Waals surface area contributed by atoms with Crippen LogP contribution in [0.1, 0.15) is 34.6 Å². The van der Waals surface area contributed by atoms with Crippen molar-refractivity contribution in [3.8, 4) is 5.75 Å². The van der Waals surface area contributed by atoms with Crippen LogP contribution < -0.4 is 9.54 Å². The highest BCUT2D eigenvalue weighted by atomic mass is 32.1. The van der Waals surface area contributed by atoms with Crippen LogP contribution in [0.4, 0.5) is 0 Å². The average molecular weight is 354 g/mol. The van der Waals surface area contributed by atoms with Crippen molar-refractivity contribution in [2.24, 2.45) is 12.0 Å². The van der Waals surface area contributed by atoms with Crippen LogP contribution in [0.5, 0.6) is 5.75 Å². The van der Waals surface area contributed by atoms with Gasteiger partial charge < -0.3 is 9.30 Å². The van der Waals surface area contributed by atoms with Crippen molar-refractivity contribution in [3.63, 3.8) is 0 Å². The molecule has 0 aliphatic carbocycles. The first-order chi connectivity index (χ1) is 12.0. The number of para-hydroxylation sites is 1. The molecule has 1 amide bonds. The largest absolute Gasteiger partial charge is 0.492 e. The molecular weight excluding hydrogens is 336 g/mol. The molecular formula is C19H18N2O3S. The van der Waals surface area contributed by atoms with Crippen LogP contribution >= 0.6 is 11.3 Å². The number of ketones is 1. The maximum Gasteiger partial charge on any atom is 0.279 e. The van der Waals surface area contributed by atoms with E-state index in [1.807, 2.05) is 36.7 Å². The fraction of sp³-hybridized carbons (Fsp3) is 0.211. The number of fused-ring (bicyclic) bond motifs is 1. The first kappa shape index (κ1) is 17.1. The van der Waals surface area contributed by atoms with Crippen LogP contribution in [-0.2, 0) is 7.05 Å². The number of nitrogens with zero attached hydrogens (tertiary/aromatic N) is 2. The first-order valence-corrected chi connectivity index (χ1v) is 8.74. The van der Waals surface area contributed by atoms with Gasteiger partial charge in [0.15, 0.2) is 10.6 Å². The molecule has 0 saturated carbocycles. The number of aryl methyl sites for hydroxylation is 1. The van der Waals surface area contributed by atoms with Gasteiger partial charge in [-0.05, 0) is 38.1 Å². The Kier molecular flexibility index (Phi) is 4.81. The molecule has 3 aromatic rings. The van der Waals surface area contributed by atoms with Crippen LogP contribution in [0.25, 0.3) is 10.2 Å². The zero-order valence-electron chi connectivity index (χ0n) is 14.3. The predicted molar refractivity (Wildman–Crippen MR) is 98.3 cm³/mol. The van der Waals surface area contributed by atoms with Crippen molar-refractivity contribution >= 4 is 33.2 Å². The molecule has 1 aromatic heterocycles. The van der Waals surface area contributed by atoms with Crippen LogP contribution in [0.15, 0.2) is 47.5 Å². The second-order valence-electron chi connectivity index (χ2n) is 5.53. The number of benzene rings is 2. The normalized spacial score (nSPS) is 11.7. The lowest BCUT2D eigenvalue weighted by Gasteiger charge is -2.05. The van der Waals surface area contributed by atoms with E-state index in [0.29, 0.717) is 22.5 Å². The summed E-state index contributed by atoms with van der Waals surface area (Å²) in [7, 11) is 1.87. The quantitative estimate of drug-likeness (QED) is 0.673. The number of rotatable bonds is 4. The zero-order valence-corrected chi connectivity index (χ0v) is 15.1. The minimum Gasteiger partial charge on any atom is -0.492 e. The van der Waals surface area contributed by atoms with E-state index in [4.69, 9.17) is 4.74 Å². The molecule has 0 aliphatic rings. The van der Waals surface area contributed by atoms with Gasteiger partial charge >= 0.3 is 0 Å². The monoisotopic (exact) mass is 354 g/mol. The summed E-state index contributed by atoms with van der Waals surface area (Å²) in [4.78, 5) is 28.6. The highest BCUT2D eigenvalue weighted by molar-refractivity contribution is 7.16. The van der Waals surface area contributed by atoms with E-state index in [0.717, 1.165) is 16.0 Å². The molecule has 0 radical (unpaired) electrons. The van der Waals surface area contributed by atoms with Crippen LogP contribution in [0.3, 0.4) is 0 Å². The Bertz CT molecular complexity index is 1010. The SMILES string of the molecule is CCOc1cccc2sc(=NC(=O)c3ccc(C(C)=O)cc3)n(C)c12. The Morgan fingerprint density at radius 2 is 1.80 bits per heavy atom. The van der Waals surface area contributed by atoms with Gasteiger partial charge in [0.05, 0.1) is 11.3 Å². The molecule has 0 aliphatic heterocycles. The molecule has 0 fully saturated rings. The highest BCUT2D eigenvalue weighted by Crippen LogP contribution is 2.26. The van der Waals surface area contributed by atoms with Crippen molar-refractivity contribution in [1.82, 2.24) is 4.57 Å². The van der Waals surface area contributed by atoms with Crippen molar-refractivity contribution < 1.29 is 14.3 Å². The van der Waals surface area contributed by atoms with Gasteiger partial charge in [-0.15, -0.1) is 0 Å². The van der Waals surface area contributed by atoms with Gasteiger partial charge in [-0.25, -0.2) is 0 Å². The maximum atomic E-state index is 12.4. The number of hydrogen-bond acceptors (Lipinski definition) is 4. The van der Waals surface area contributed by atoms with Crippen molar-refractivity contribution in [2.45, 2.75) is 13.8 Å². The summed E-state index contributed by atoms with van der Waals surface area (Å²) in [6, 6.07) is 12.4. The van der Waals surface area contributed by atoms with Crippen molar-refractivity contribution in [3.05, 3.63) is 58.4 Å². The Labute approximate surface area is 149 Å². The molecule has 25 heavy (non-hydrogen) atoms. The van der Waals surface area contributed by atoms with E-state index >= 15 is 0 Å². The number of Topliss-reactive ketones (excluding diaryl/α,β-unsaturated/α-hetero) is 1. The molecule has 0 bridgehead atoms. The molecule has 0 atom stereocenters. The van der Waals surface area contributed by atoms with Gasteiger partial charge in [0.2, 0.25) is 0 Å². The molecule has 6 heteroatoms. The van der Waals surface area contributed by atoms with Gasteiger partial charge in [0.25, 0.3) is 5.91 Å². The standard InChI is InChI=1S/C19H18N2O3S/c1-4-24-15-6-5-7-16-17(15)21(3)19(25-16)20-18(23)14-10-8-13(9-11-14)12(2)22/h5-11H,4H2,1-3H3. The third kappa shape index (κ3) is 3.39. The average Bonchev–Trinajstić information content (AvgIpc) is 2.92. The maximum absolute atomic E-state index is 12.4. The fourth-order valence-electron chi connectivity index (χ4n) is 2.55. The van der Waals surface area contributed by atoms with E-state index in [1.54, 1.807) is 24.3 Å². The van der Waals surface area contributed by atoms with Crippen LogP contribution in [0, 0.1) is 0 Å². The molecule has 0 spiro atoms. The van der Waals surface area contributed by atoms with Gasteiger partial charge in [-0.3, -0.25) is 9.59 Å². The van der Waals surface area contributed by atoms with Crippen LogP contribution in [-0.4, -0.2) is 22.9 Å². The third-order valence-corrected chi connectivity index (χ3v) is 4.92. The highest BCUT2D eigenvalue weighted by Gasteiger charge is 2.11. The Balaban J connectivity index is 2.03. The van der Waals surface area contributed by atoms with E-state index in [9.17, 15) is 9.59 Å². The van der Waals surface area contributed by atoms with Crippen molar-refractivity contribution in [2.75, 3.05) is 6.61 Å². The fourth-order valence-corrected chi connectivity index (χ4v) is 3.58. The third-order valence-electron chi connectivity index (χ3n) is 3.82. The van der Waals surface area contributed by atoms with Gasteiger partial charge in [-0.1, -0.05) is 29.5 Å². The Morgan fingerprint density at radius 1 is 1.12 bits per heavy atom. The van der Waals surface area contributed by atoms with Gasteiger partial charge in [0.1, 0.15) is 11.3 Å². The van der Waals surface area contributed by atoms with E-state index in [2.05, 4.69) is 4.99 Å². The number of carbonyl (C=O) groups excluding carboxylic acids is 2. The number of amides is 1. The minimum atomic E-state index is -0.338. The second kappa shape index (κ2) is 7.03. The summed E-state index contributed by atoms with van der Waals surface area (Å²) in [6.45, 7) is 4.00. The number of hydrogen-bond donors (Lipinski definition) is 0. The van der Waals surface area contributed by atoms with E-state index < -0.39 is 0 Å². The summed E-state index contributed by atoms with van der Waals surface area (Å²) in [5, 5.41) is 0. The molecule has 0 saturated heterocycles. The summed E-state index contributed by atoms with van der Waals surface area (Å²) in [6.07, 6.45) is 0. The number of aromatic nitrogens is 1. The van der Waals surface area contributed by atoms with Crippen molar-refractivity contribution in [1.29, 1.82) is 0 Å². The number of ether oxygens (including phenoxy) is 1. The molecule has 128 valence electrons. The summed E-state index contributed by atoms with van der Waals surface area (Å²) >= 11 is 1.44. The lowest BCUT2D eigenvalue weighted by Crippen LogP contribution is -2.13. The minimum absolute atomic E-state index is 0.0321. The molecule has 2 aromatic carbocycles. The summed E-state index contributed by atoms with van der Waals surface area (Å²) < 4.78 is 8.54. The van der Waals surface area contributed by atoms with E-state index in [1.165, 1.54) is 18.3 Å². The number of carbonyl (C=O) groups is 2. The predicted octanol–water partition coefficient (Wildman–Crippen LogP) is 3.58. The number of thiazole rings is 1. The molecule has 1 heterocycles. The van der Waals surface area contributed by atoms with Crippen LogP contribution in [0.2, 0.25) is 0 Å². The lowest BCUT2D eigenvalue weighted by molar-refractivity contribution is 0.0991. The second-order valence-corrected chi connectivity index (χ2v) is 6.54. The molecule has 3 rings (SSSR count).